The number of nitrogens with two attached hydrogens (primary N) is 1. The number of benzene rings is 1. The normalized spacial score (nSPS) is 16.8. The zero-order valence-electron chi connectivity index (χ0n) is 14.2. The van der Waals surface area contributed by atoms with Crippen LogP contribution in [0.5, 0.6) is 0 Å². The van der Waals surface area contributed by atoms with E-state index in [1.165, 1.54) is 49.7 Å². The van der Waals surface area contributed by atoms with Gasteiger partial charge < -0.3 is 15.6 Å². The van der Waals surface area contributed by atoms with Gasteiger partial charge >= 0.3 is 0 Å². The molecule has 3 N–H and O–H groups in total. The summed E-state index contributed by atoms with van der Waals surface area (Å²) in [6, 6.07) is 8.97. The number of hydrogen-bond acceptors (Lipinski definition) is 2. The van der Waals surface area contributed by atoms with Gasteiger partial charge in [-0.2, -0.15) is 0 Å². The zero-order chi connectivity index (χ0) is 16.6. The Morgan fingerprint density at radius 1 is 1.21 bits per heavy atom. The Morgan fingerprint density at radius 2 is 2.00 bits per heavy atom. The van der Waals surface area contributed by atoms with Crippen LogP contribution in [0.2, 0.25) is 0 Å². The van der Waals surface area contributed by atoms with Gasteiger partial charge in [0.15, 0.2) is 5.96 Å². The number of aliphatic imine (C=N–C) groups is 1. The average molecular weight is 325 g/mol. The highest BCUT2D eigenvalue weighted by Gasteiger charge is 2.12. The van der Waals surface area contributed by atoms with Gasteiger partial charge in [-0.05, 0) is 24.0 Å². The second-order valence-electron chi connectivity index (χ2n) is 6.59. The number of hydrogen-bond donors (Lipinski definition) is 2. The molecule has 1 aliphatic rings. The lowest BCUT2D eigenvalue weighted by Crippen LogP contribution is -2.39. The molecule has 5 nitrogen and oxygen atoms in total. The van der Waals surface area contributed by atoms with Crippen molar-refractivity contribution in [3.63, 3.8) is 0 Å². The van der Waals surface area contributed by atoms with E-state index in [0.29, 0.717) is 18.5 Å². The SMILES string of the molecule is NC(=NCc1cccc(Cn2ccnc2)c1)NC1CCCCCC1. The van der Waals surface area contributed by atoms with Crippen molar-refractivity contribution in [2.75, 3.05) is 0 Å². The molecule has 1 saturated carbocycles. The molecule has 24 heavy (non-hydrogen) atoms. The maximum Gasteiger partial charge on any atom is 0.189 e. The highest BCUT2D eigenvalue weighted by atomic mass is 15.1. The predicted octanol–water partition coefficient (Wildman–Crippen LogP) is 3.06. The van der Waals surface area contributed by atoms with E-state index >= 15 is 0 Å². The lowest BCUT2D eigenvalue weighted by molar-refractivity contribution is 0.530. The van der Waals surface area contributed by atoms with Crippen molar-refractivity contribution < 1.29 is 0 Å². The lowest BCUT2D eigenvalue weighted by atomic mass is 10.1. The van der Waals surface area contributed by atoms with Crippen molar-refractivity contribution in [3.05, 3.63) is 54.1 Å². The Kier molecular flexibility index (Phi) is 5.88. The minimum atomic E-state index is 0.490. The van der Waals surface area contributed by atoms with Crippen LogP contribution in [0.25, 0.3) is 0 Å². The van der Waals surface area contributed by atoms with Crippen molar-refractivity contribution in [2.24, 2.45) is 10.7 Å². The molecule has 1 aliphatic carbocycles. The summed E-state index contributed by atoms with van der Waals surface area (Å²) in [5.41, 5.74) is 8.50. The van der Waals surface area contributed by atoms with E-state index in [1.807, 2.05) is 12.5 Å². The largest absolute Gasteiger partial charge is 0.370 e. The summed E-state index contributed by atoms with van der Waals surface area (Å²) in [6.45, 7) is 1.44. The Hall–Kier alpha value is -2.30. The zero-order valence-corrected chi connectivity index (χ0v) is 14.2. The molecule has 1 fully saturated rings. The van der Waals surface area contributed by atoms with Gasteiger partial charge in [0.2, 0.25) is 0 Å². The van der Waals surface area contributed by atoms with Crippen LogP contribution in [0.4, 0.5) is 0 Å². The maximum absolute atomic E-state index is 6.08. The summed E-state index contributed by atoms with van der Waals surface area (Å²) in [7, 11) is 0. The summed E-state index contributed by atoms with van der Waals surface area (Å²) in [6.07, 6.45) is 13.3. The van der Waals surface area contributed by atoms with Crippen LogP contribution in [-0.2, 0) is 13.1 Å². The minimum Gasteiger partial charge on any atom is -0.370 e. The summed E-state index contributed by atoms with van der Waals surface area (Å²) in [4.78, 5) is 8.60. The summed E-state index contributed by atoms with van der Waals surface area (Å²) < 4.78 is 2.06. The fourth-order valence-corrected chi connectivity index (χ4v) is 3.27. The van der Waals surface area contributed by atoms with Crippen molar-refractivity contribution in [2.45, 2.75) is 57.7 Å². The monoisotopic (exact) mass is 325 g/mol. The number of imidazole rings is 1. The molecule has 0 bridgehead atoms. The van der Waals surface area contributed by atoms with Gasteiger partial charge in [-0.15, -0.1) is 0 Å². The molecule has 0 radical (unpaired) electrons. The van der Waals surface area contributed by atoms with E-state index in [2.05, 4.69) is 44.1 Å². The summed E-state index contributed by atoms with van der Waals surface area (Å²) in [5, 5.41) is 3.40. The van der Waals surface area contributed by atoms with Crippen molar-refractivity contribution >= 4 is 5.96 Å². The molecular weight excluding hydrogens is 298 g/mol. The van der Waals surface area contributed by atoms with Gasteiger partial charge in [0.25, 0.3) is 0 Å². The Labute approximate surface area is 144 Å². The van der Waals surface area contributed by atoms with Gasteiger partial charge in [0.1, 0.15) is 0 Å². The molecule has 1 aromatic heterocycles. The molecule has 0 atom stereocenters. The van der Waals surface area contributed by atoms with E-state index in [4.69, 9.17) is 5.73 Å². The fraction of sp³-hybridized carbons (Fsp3) is 0.474. The number of nitrogens with one attached hydrogen (secondary N) is 1. The molecular formula is C19H27N5. The first-order chi connectivity index (χ1) is 11.8. The third kappa shape index (κ3) is 5.11. The number of rotatable bonds is 5. The van der Waals surface area contributed by atoms with Gasteiger partial charge in [0.05, 0.1) is 12.9 Å². The summed E-state index contributed by atoms with van der Waals surface area (Å²) in [5.74, 6) is 0.571. The van der Waals surface area contributed by atoms with Crippen LogP contribution >= 0.6 is 0 Å². The van der Waals surface area contributed by atoms with Crippen LogP contribution in [0.3, 0.4) is 0 Å². The van der Waals surface area contributed by atoms with Gasteiger partial charge in [0, 0.05) is 25.0 Å². The second kappa shape index (κ2) is 8.52. The van der Waals surface area contributed by atoms with E-state index in [1.54, 1.807) is 6.20 Å². The first-order valence-electron chi connectivity index (χ1n) is 8.89. The fourth-order valence-electron chi connectivity index (χ4n) is 3.27. The van der Waals surface area contributed by atoms with Crippen LogP contribution in [0, 0.1) is 0 Å². The topological polar surface area (TPSA) is 68.2 Å². The lowest BCUT2D eigenvalue weighted by Gasteiger charge is -2.16. The molecule has 2 aromatic rings. The summed E-state index contributed by atoms with van der Waals surface area (Å²) >= 11 is 0. The maximum atomic E-state index is 6.08. The molecule has 1 heterocycles. The molecule has 3 rings (SSSR count). The highest BCUT2D eigenvalue weighted by molar-refractivity contribution is 5.78. The van der Waals surface area contributed by atoms with Crippen molar-refractivity contribution in [1.82, 2.24) is 14.9 Å². The first-order valence-corrected chi connectivity index (χ1v) is 8.89. The molecule has 0 amide bonds. The quantitative estimate of drug-likeness (QED) is 0.504. The Bertz CT molecular complexity index is 640. The third-order valence-corrected chi connectivity index (χ3v) is 4.55. The van der Waals surface area contributed by atoms with Gasteiger partial charge in [-0.25, -0.2) is 9.98 Å². The molecule has 128 valence electrons. The smallest absolute Gasteiger partial charge is 0.189 e. The third-order valence-electron chi connectivity index (χ3n) is 4.55. The minimum absolute atomic E-state index is 0.490. The van der Waals surface area contributed by atoms with Gasteiger partial charge in [-0.3, -0.25) is 0 Å². The Balaban J connectivity index is 1.54. The van der Waals surface area contributed by atoms with E-state index in [0.717, 1.165) is 6.54 Å². The van der Waals surface area contributed by atoms with Crippen LogP contribution < -0.4 is 11.1 Å². The van der Waals surface area contributed by atoms with Crippen LogP contribution in [0.1, 0.15) is 49.7 Å². The van der Waals surface area contributed by atoms with E-state index in [9.17, 15) is 0 Å². The molecule has 0 aliphatic heterocycles. The van der Waals surface area contributed by atoms with Crippen molar-refractivity contribution in [1.29, 1.82) is 0 Å². The number of aromatic nitrogens is 2. The molecule has 1 aromatic carbocycles. The first kappa shape index (κ1) is 16.6. The molecule has 0 spiro atoms. The number of guanidine groups is 1. The average Bonchev–Trinajstić information content (AvgIpc) is 2.96. The highest BCUT2D eigenvalue weighted by Crippen LogP contribution is 2.17. The van der Waals surface area contributed by atoms with Gasteiger partial charge in [-0.1, -0.05) is 49.9 Å². The predicted molar refractivity (Wildman–Crippen MR) is 97.7 cm³/mol. The molecule has 0 unspecified atom stereocenters. The second-order valence-corrected chi connectivity index (χ2v) is 6.59. The standard InChI is InChI=1S/C19H27N5/c20-19(23-18-8-3-1-2-4-9-18)22-13-16-6-5-7-17(12-16)14-24-11-10-21-15-24/h5-7,10-12,15,18H,1-4,8-9,13-14H2,(H3,20,22,23). The van der Waals surface area contributed by atoms with Crippen molar-refractivity contribution in [3.8, 4) is 0 Å². The van der Waals surface area contributed by atoms with Crippen LogP contribution in [-0.4, -0.2) is 21.6 Å². The van der Waals surface area contributed by atoms with Crippen LogP contribution in [0.15, 0.2) is 48.0 Å². The number of nitrogens with zero attached hydrogens (tertiary/aromatic N) is 3. The van der Waals surface area contributed by atoms with E-state index < -0.39 is 0 Å². The molecule has 0 saturated heterocycles. The van der Waals surface area contributed by atoms with E-state index in [-0.39, 0.29) is 0 Å². The molecule has 5 heteroatoms. The Morgan fingerprint density at radius 3 is 2.75 bits per heavy atom.